The van der Waals surface area contributed by atoms with E-state index in [1.54, 1.807) is 32.9 Å². The molecule has 2 aliphatic rings. The molecular weight excluding hydrogens is 1060 g/mol. The first-order chi connectivity index (χ1) is 38.2. The number of methoxy groups -OCH3 is 3. The first-order valence-corrected chi connectivity index (χ1v) is 28.3. The number of likely N-dealkylation sites (tertiary alicyclic amines) is 1. The van der Waals surface area contributed by atoms with Crippen LogP contribution < -0.4 is 16.0 Å². The van der Waals surface area contributed by atoms with Gasteiger partial charge in [0.1, 0.15) is 17.6 Å². The van der Waals surface area contributed by atoms with Crippen LogP contribution in [-0.2, 0) is 82.6 Å². The Hall–Kier alpha value is -4.98. The molecule has 1 fully saturated rings. The van der Waals surface area contributed by atoms with E-state index in [2.05, 4.69) is 16.0 Å². The molecule has 3 N–H and O–H groups in total. The van der Waals surface area contributed by atoms with Crippen molar-refractivity contribution in [1.82, 2.24) is 30.7 Å². The van der Waals surface area contributed by atoms with Gasteiger partial charge in [0, 0.05) is 58.7 Å². The average Bonchev–Trinajstić information content (AvgIpc) is 4.05. The van der Waals surface area contributed by atoms with Crippen molar-refractivity contribution in [3.8, 4) is 0 Å². The SMILES string of the molecule is CCC(C)C(C(CC(=O)N1CCC[C@H]1C(OC)C(C)C(=S)NC(Cc1ccccc1)C(=O)OC)OC)N(C)C(=O)C(NC(=O)C(C)(C)NC(=O)CCOCCOCCOCCOCCOCCOCCN1C(=O)C=CC1=O)C(C)C. The second kappa shape index (κ2) is 37.2. The van der Waals surface area contributed by atoms with Crippen LogP contribution in [-0.4, -0.2) is 224 Å². The molecule has 3 rings (SSSR count). The molecule has 6 amide bonds. The molecule has 0 radical (unpaired) electrons. The lowest BCUT2D eigenvalue weighted by Crippen LogP contribution is -2.62. The molecular formula is C57H92N6O16S. The minimum absolute atomic E-state index is 0.00838. The summed E-state index contributed by atoms with van der Waals surface area (Å²) >= 11 is 5.88. The second-order valence-electron chi connectivity index (χ2n) is 20.8. The summed E-state index contributed by atoms with van der Waals surface area (Å²) in [5, 5.41) is 8.89. The van der Waals surface area contributed by atoms with Gasteiger partial charge in [0.2, 0.25) is 23.6 Å². The molecule has 0 aromatic heterocycles. The van der Waals surface area contributed by atoms with Crippen LogP contribution in [0.4, 0.5) is 0 Å². The van der Waals surface area contributed by atoms with Gasteiger partial charge in [-0.3, -0.25) is 33.7 Å². The van der Waals surface area contributed by atoms with Crippen molar-refractivity contribution < 1.29 is 76.2 Å². The third-order valence-corrected chi connectivity index (χ3v) is 14.8. The van der Waals surface area contributed by atoms with Crippen LogP contribution in [0.3, 0.4) is 0 Å². The largest absolute Gasteiger partial charge is 0.467 e. The first-order valence-electron chi connectivity index (χ1n) is 27.9. The fourth-order valence-corrected chi connectivity index (χ4v) is 9.77. The summed E-state index contributed by atoms with van der Waals surface area (Å²) in [5.41, 5.74) is -0.439. The molecule has 1 aromatic rings. The highest BCUT2D eigenvalue weighted by molar-refractivity contribution is 7.80. The molecule has 2 aliphatic heterocycles. The first kappa shape index (κ1) is 69.3. The number of thiocarbonyl (C=S) groups is 1. The van der Waals surface area contributed by atoms with Gasteiger partial charge in [0.25, 0.3) is 11.8 Å². The number of benzene rings is 1. The van der Waals surface area contributed by atoms with Crippen LogP contribution in [0.1, 0.15) is 86.1 Å². The number of hydrogen-bond acceptors (Lipinski definition) is 17. The summed E-state index contributed by atoms with van der Waals surface area (Å²) in [5.74, 6) is -3.41. The Bertz CT molecular complexity index is 2100. The normalized spacial score (nSPS) is 17.2. The predicted octanol–water partition coefficient (Wildman–Crippen LogP) is 3.06. The van der Waals surface area contributed by atoms with E-state index in [1.807, 2.05) is 69.9 Å². The highest BCUT2D eigenvalue weighted by Gasteiger charge is 2.43. The van der Waals surface area contributed by atoms with Crippen molar-refractivity contribution in [2.24, 2.45) is 17.8 Å². The summed E-state index contributed by atoms with van der Waals surface area (Å²) in [6, 6.07) is 7.02. The van der Waals surface area contributed by atoms with E-state index >= 15 is 0 Å². The third-order valence-electron chi connectivity index (χ3n) is 14.3. The molecule has 452 valence electrons. The third kappa shape index (κ3) is 23.1. The summed E-state index contributed by atoms with van der Waals surface area (Å²) in [6.45, 7) is 17.2. The van der Waals surface area contributed by atoms with Crippen LogP contribution in [0.5, 0.6) is 0 Å². The summed E-state index contributed by atoms with van der Waals surface area (Å²) in [4.78, 5) is 96.7. The van der Waals surface area contributed by atoms with E-state index in [1.165, 1.54) is 26.4 Å². The number of rotatable bonds is 41. The van der Waals surface area contributed by atoms with E-state index in [4.69, 9.17) is 54.8 Å². The number of likely N-dealkylation sites (N-methyl/N-ethyl adjacent to an activating group) is 1. The smallest absolute Gasteiger partial charge is 0.328 e. The highest BCUT2D eigenvalue weighted by atomic mass is 32.1. The number of nitrogens with zero attached hydrogens (tertiary/aromatic N) is 3. The van der Waals surface area contributed by atoms with E-state index < -0.39 is 53.7 Å². The highest BCUT2D eigenvalue weighted by Crippen LogP contribution is 2.30. The zero-order valence-corrected chi connectivity index (χ0v) is 50.0. The molecule has 23 heteroatoms. The van der Waals surface area contributed by atoms with Crippen LogP contribution in [0.25, 0.3) is 0 Å². The molecule has 80 heavy (non-hydrogen) atoms. The molecule has 0 aliphatic carbocycles. The number of carbonyl (C=O) groups excluding carboxylic acids is 7. The molecule has 1 aromatic carbocycles. The average molecular weight is 1150 g/mol. The van der Waals surface area contributed by atoms with E-state index in [-0.39, 0.29) is 86.6 Å². The summed E-state index contributed by atoms with van der Waals surface area (Å²) < 4.78 is 50.2. The molecule has 7 unspecified atom stereocenters. The van der Waals surface area contributed by atoms with Crippen molar-refractivity contribution in [2.75, 3.05) is 121 Å². The topological polar surface area (TPSA) is 248 Å². The Kier molecular flexibility index (Phi) is 32.2. The quantitative estimate of drug-likeness (QED) is 0.0369. The van der Waals surface area contributed by atoms with Crippen molar-refractivity contribution in [2.45, 2.75) is 129 Å². The summed E-state index contributed by atoms with van der Waals surface area (Å²) in [7, 11) is 6.14. The number of hydrogen-bond donors (Lipinski definition) is 3. The minimum atomic E-state index is -1.38. The lowest BCUT2D eigenvalue weighted by atomic mass is 9.89. The van der Waals surface area contributed by atoms with Crippen molar-refractivity contribution in [3.63, 3.8) is 0 Å². The molecule has 0 saturated carbocycles. The molecule has 8 atom stereocenters. The maximum atomic E-state index is 14.5. The van der Waals surface area contributed by atoms with Crippen molar-refractivity contribution >= 4 is 58.6 Å². The van der Waals surface area contributed by atoms with Gasteiger partial charge in [0.15, 0.2) is 0 Å². The van der Waals surface area contributed by atoms with Crippen LogP contribution in [0.15, 0.2) is 42.5 Å². The number of nitrogens with one attached hydrogen (secondary N) is 3. The Labute approximate surface area is 479 Å². The second-order valence-corrected chi connectivity index (χ2v) is 21.3. The standard InChI is InChI=1S/C57H92N6O16S/c1-12-40(4)51(45(71-9)38-49(67)62-23-16-19-44(62)52(72-10)41(5)53(80)58-43(55(69)73-11)37-42-17-14-13-15-18-42)61(8)54(68)50(39(2)3)59-56(70)57(6,7)60-46(64)22-25-74-27-29-76-31-33-78-35-36-79-34-32-77-30-28-75-26-24-63-47(65)20-21-48(63)66/h13-15,17-18,20-21,39-41,43-45,50-52H,12,16,19,22-38H2,1-11H3,(H,58,80)(H,59,70)(H,60,64)/t40?,41?,43?,44-,45?,50?,51?,52?/m0/s1. The zero-order valence-electron chi connectivity index (χ0n) is 49.2. The lowest BCUT2D eigenvalue weighted by Gasteiger charge is -2.41. The van der Waals surface area contributed by atoms with Gasteiger partial charge in [-0.2, -0.15) is 0 Å². The number of ether oxygens (including phenoxy) is 9. The minimum Gasteiger partial charge on any atom is -0.467 e. The van der Waals surface area contributed by atoms with Gasteiger partial charge in [-0.15, -0.1) is 0 Å². The zero-order chi connectivity index (χ0) is 59.2. The number of esters is 1. The Morgan fingerprint density at radius 3 is 1.80 bits per heavy atom. The Balaban J connectivity index is 1.41. The van der Waals surface area contributed by atoms with Gasteiger partial charge >= 0.3 is 5.97 Å². The predicted molar refractivity (Wildman–Crippen MR) is 302 cm³/mol. The van der Waals surface area contributed by atoms with Gasteiger partial charge in [0.05, 0.1) is 129 Å². The molecule has 2 heterocycles. The fourth-order valence-electron chi connectivity index (χ4n) is 9.49. The Morgan fingerprint density at radius 2 is 1.30 bits per heavy atom. The molecule has 1 saturated heterocycles. The van der Waals surface area contributed by atoms with Gasteiger partial charge in [-0.25, -0.2) is 4.79 Å². The monoisotopic (exact) mass is 1150 g/mol. The number of imide groups is 1. The molecule has 0 spiro atoms. The summed E-state index contributed by atoms with van der Waals surface area (Å²) in [6.07, 6.45) is 3.71. The van der Waals surface area contributed by atoms with Gasteiger partial charge in [-0.1, -0.05) is 83.6 Å². The van der Waals surface area contributed by atoms with Crippen LogP contribution in [0, 0.1) is 17.8 Å². The van der Waals surface area contributed by atoms with Crippen molar-refractivity contribution in [3.05, 3.63) is 48.0 Å². The number of carbonyl (C=O) groups is 7. The maximum absolute atomic E-state index is 14.5. The fraction of sp³-hybridized carbons (Fsp3) is 0.719. The van der Waals surface area contributed by atoms with Crippen molar-refractivity contribution in [1.29, 1.82) is 0 Å². The molecule has 0 bridgehead atoms. The lowest BCUT2D eigenvalue weighted by molar-refractivity contribution is -0.147. The van der Waals surface area contributed by atoms with Crippen LogP contribution >= 0.6 is 12.2 Å². The van der Waals surface area contributed by atoms with E-state index in [0.717, 1.165) is 16.9 Å². The number of amides is 6. The van der Waals surface area contributed by atoms with E-state index in [9.17, 15) is 33.6 Å². The van der Waals surface area contributed by atoms with Crippen LogP contribution in [0.2, 0.25) is 0 Å². The van der Waals surface area contributed by atoms with Gasteiger partial charge in [-0.05, 0) is 44.1 Å². The molecule has 22 nitrogen and oxygen atoms in total. The Morgan fingerprint density at radius 1 is 0.762 bits per heavy atom. The van der Waals surface area contributed by atoms with Gasteiger partial charge < -0.3 is 68.4 Å². The maximum Gasteiger partial charge on any atom is 0.328 e. The van der Waals surface area contributed by atoms with E-state index in [0.29, 0.717) is 90.3 Å².